The van der Waals surface area contributed by atoms with Crippen molar-refractivity contribution in [1.82, 2.24) is 9.03 Å². The van der Waals surface area contributed by atoms with Crippen molar-refractivity contribution in [3.63, 3.8) is 0 Å². The van der Waals surface area contributed by atoms with Crippen LogP contribution >= 0.6 is 15.9 Å². The second kappa shape index (κ2) is 5.15. The van der Waals surface area contributed by atoms with E-state index >= 15 is 0 Å². The summed E-state index contributed by atoms with van der Waals surface area (Å²) >= 11 is 3.46. The van der Waals surface area contributed by atoms with Crippen LogP contribution in [0.1, 0.15) is 32.6 Å². The molecule has 2 fully saturated rings. The van der Waals surface area contributed by atoms with Crippen LogP contribution in [-0.4, -0.2) is 37.7 Å². The molecule has 1 saturated carbocycles. The largest absolute Gasteiger partial charge is 0.279 e. The van der Waals surface area contributed by atoms with E-state index in [-0.39, 0.29) is 5.41 Å². The molecule has 1 N–H and O–H groups in total. The number of alkyl halides is 1. The molecule has 4 nitrogen and oxygen atoms in total. The van der Waals surface area contributed by atoms with Gasteiger partial charge in [-0.05, 0) is 37.0 Å². The summed E-state index contributed by atoms with van der Waals surface area (Å²) in [7, 11) is -3.25. The van der Waals surface area contributed by atoms with Crippen molar-refractivity contribution in [2.75, 3.05) is 25.0 Å². The zero-order chi connectivity index (χ0) is 12.5. The molecule has 1 saturated heterocycles. The Morgan fingerprint density at radius 1 is 1.35 bits per heavy atom. The highest BCUT2D eigenvalue weighted by Gasteiger charge is 2.42. The predicted octanol–water partition coefficient (Wildman–Crippen LogP) is 1.73. The molecule has 0 aromatic heterocycles. The molecule has 6 heteroatoms. The average molecular weight is 325 g/mol. The minimum Gasteiger partial charge on any atom is -0.202 e. The zero-order valence-electron chi connectivity index (χ0n) is 10.3. The smallest absolute Gasteiger partial charge is 0.202 e. The Hall–Kier alpha value is 0.350. The molecule has 1 aliphatic heterocycles. The summed E-state index contributed by atoms with van der Waals surface area (Å²) in [6, 6.07) is 0. The highest BCUT2D eigenvalue weighted by Crippen LogP contribution is 2.46. The van der Waals surface area contributed by atoms with Gasteiger partial charge in [-0.1, -0.05) is 22.9 Å². The van der Waals surface area contributed by atoms with Crippen LogP contribution in [0.4, 0.5) is 0 Å². The van der Waals surface area contributed by atoms with Crippen molar-refractivity contribution < 1.29 is 8.42 Å². The van der Waals surface area contributed by atoms with Gasteiger partial charge in [0.1, 0.15) is 0 Å². The second-order valence-corrected chi connectivity index (χ2v) is 7.86. The van der Waals surface area contributed by atoms with Crippen LogP contribution in [0.15, 0.2) is 0 Å². The van der Waals surface area contributed by atoms with Crippen molar-refractivity contribution in [2.24, 2.45) is 11.3 Å². The van der Waals surface area contributed by atoms with Gasteiger partial charge in [-0.2, -0.15) is 12.7 Å². The maximum Gasteiger partial charge on any atom is 0.279 e. The van der Waals surface area contributed by atoms with E-state index in [1.165, 1.54) is 0 Å². The lowest BCUT2D eigenvalue weighted by Gasteiger charge is -2.30. The molecule has 100 valence electrons. The third-order valence-electron chi connectivity index (χ3n) is 3.95. The molecule has 0 unspecified atom stereocenters. The van der Waals surface area contributed by atoms with Gasteiger partial charge in [0.25, 0.3) is 10.2 Å². The first kappa shape index (κ1) is 13.8. The molecule has 0 aromatic rings. The van der Waals surface area contributed by atoms with Gasteiger partial charge in [0.15, 0.2) is 0 Å². The van der Waals surface area contributed by atoms with Gasteiger partial charge in [0.05, 0.1) is 0 Å². The molecule has 1 aliphatic carbocycles. The number of rotatable bonds is 5. The molecule has 2 rings (SSSR count). The lowest BCUT2D eigenvalue weighted by molar-refractivity contribution is 0.284. The van der Waals surface area contributed by atoms with E-state index in [4.69, 9.17) is 0 Å². The molecule has 0 spiro atoms. The van der Waals surface area contributed by atoms with Crippen LogP contribution in [-0.2, 0) is 10.2 Å². The minimum absolute atomic E-state index is 0.191. The van der Waals surface area contributed by atoms with Crippen LogP contribution < -0.4 is 4.72 Å². The van der Waals surface area contributed by atoms with Crippen molar-refractivity contribution >= 4 is 26.1 Å². The van der Waals surface area contributed by atoms with E-state index in [2.05, 4.69) is 27.6 Å². The molecule has 0 aromatic carbocycles. The highest BCUT2D eigenvalue weighted by atomic mass is 79.9. The number of hydrogen-bond donors (Lipinski definition) is 1. The Labute approximate surface area is 112 Å². The SMILES string of the molecule is CC1CCN(S(=O)(=O)NCC2(CBr)CC2)CC1. The number of nitrogens with zero attached hydrogens (tertiary/aromatic N) is 1. The van der Waals surface area contributed by atoms with E-state index in [9.17, 15) is 8.42 Å². The second-order valence-electron chi connectivity index (χ2n) is 5.54. The number of hydrogen-bond acceptors (Lipinski definition) is 2. The molecule has 0 amide bonds. The zero-order valence-corrected chi connectivity index (χ0v) is 12.7. The summed E-state index contributed by atoms with van der Waals surface area (Å²) in [5.74, 6) is 0.652. The minimum atomic E-state index is -3.25. The molecular weight excluding hydrogens is 304 g/mol. The van der Waals surface area contributed by atoms with Crippen LogP contribution in [0, 0.1) is 11.3 Å². The third kappa shape index (κ3) is 3.43. The van der Waals surface area contributed by atoms with Crippen LogP contribution in [0.25, 0.3) is 0 Å². The first-order valence-corrected chi connectivity index (χ1v) is 8.84. The first-order chi connectivity index (χ1) is 7.97. The maximum atomic E-state index is 12.1. The standard InChI is InChI=1S/C11H21BrN2O2S/c1-10-2-6-14(7-3-10)17(15,16)13-9-11(8-12)4-5-11/h10,13H,2-9H2,1H3. The van der Waals surface area contributed by atoms with Gasteiger partial charge in [0.2, 0.25) is 0 Å². The van der Waals surface area contributed by atoms with Gasteiger partial charge in [-0.25, -0.2) is 4.72 Å². The van der Waals surface area contributed by atoms with E-state index in [0.29, 0.717) is 25.6 Å². The van der Waals surface area contributed by atoms with Crippen LogP contribution in [0.5, 0.6) is 0 Å². The molecule has 17 heavy (non-hydrogen) atoms. The number of piperidine rings is 1. The predicted molar refractivity (Wildman–Crippen MR) is 72.4 cm³/mol. The van der Waals surface area contributed by atoms with E-state index < -0.39 is 10.2 Å². The van der Waals surface area contributed by atoms with Gasteiger partial charge in [-0.3, -0.25) is 0 Å². The fourth-order valence-electron chi connectivity index (χ4n) is 2.10. The lowest BCUT2D eigenvalue weighted by Crippen LogP contribution is -2.46. The summed E-state index contributed by atoms with van der Waals surface area (Å²) in [5.41, 5.74) is 0.191. The van der Waals surface area contributed by atoms with Crippen LogP contribution in [0.2, 0.25) is 0 Å². The fraction of sp³-hybridized carbons (Fsp3) is 1.00. The molecular formula is C11H21BrN2O2S. The van der Waals surface area contributed by atoms with E-state index in [0.717, 1.165) is 31.0 Å². The number of nitrogens with one attached hydrogen (secondary N) is 1. The monoisotopic (exact) mass is 324 g/mol. The summed E-state index contributed by atoms with van der Waals surface area (Å²) in [5, 5.41) is 0.888. The molecule has 0 radical (unpaired) electrons. The average Bonchev–Trinajstić information content (AvgIpc) is 3.08. The summed E-state index contributed by atoms with van der Waals surface area (Å²) < 4.78 is 28.5. The van der Waals surface area contributed by atoms with Gasteiger partial charge in [-0.15, -0.1) is 0 Å². The Kier molecular flexibility index (Phi) is 4.17. The Balaban J connectivity index is 1.86. The maximum absolute atomic E-state index is 12.1. The molecule has 1 heterocycles. The topological polar surface area (TPSA) is 49.4 Å². The molecule has 0 bridgehead atoms. The Morgan fingerprint density at radius 3 is 2.41 bits per heavy atom. The van der Waals surface area contributed by atoms with E-state index in [1.54, 1.807) is 4.31 Å². The summed E-state index contributed by atoms with van der Waals surface area (Å²) in [6.45, 7) is 4.09. The van der Waals surface area contributed by atoms with Crippen LogP contribution in [0.3, 0.4) is 0 Å². The summed E-state index contributed by atoms with van der Waals surface area (Å²) in [4.78, 5) is 0. The Morgan fingerprint density at radius 2 is 1.94 bits per heavy atom. The Bertz CT molecular complexity index is 360. The third-order valence-corrected chi connectivity index (χ3v) is 6.70. The lowest BCUT2D eigenvalue weighted by atomic mass is 10.0. The van der Waals surface area contributed by atoms with Crippen molar-refractivity contribution in [3.05, 3.63) is 0 Å². The van der Waals surface area contributed by atoms with E-state index in [1.807, 2.05) is 0 Å². The van der Waals surface area contributed by atoms with Gasteiger partial charge in [0, 0.05) is 25.0 Å². The fourth-order valence-corrected chi connectivity index (χ4v) is 4.22. The molecule has 0 atom stereocenters. The first-order valence-electron chi connectivity index (χ1n) is 6.28. The van der Waals surface area contributed by atoms with Crippen molar-refractivity contribution in [3.8, 4) is 0 Å². The van der Waals surface area contributed by atoms with Gasteiger partial charge >= 0.3 is 0 Å². The van der Waals surface area contributed by atoms with Crippen molar-refractivity contribution in [2.45, 2.75) is 32.6 Å². The normalized spacial score (nSPS) is 26.0. The molecule has 2 aliphatic rings. The quantitative estimate of drug-likeness (QED) is 0.783. The highest BCUT2D eigenvalue weighted by molar-refractivity contribution is 9.09. The van der Waals surface area contributed by atoms with Crippen molar-refractivity contribution in [1.29, 1.82) is 0 Å². The summed E-state index contributed by atoms with van der Waals surface area (Å²) in [6.07, 6.45) is 4.20. The van der Waals surface area contributed by atoms with Gasteiger partial charge < -0.3 is 0 Å². The number of halogens is 1.